The smallest absolute Gasteiger partial charge is 0.165 e. The molecule has 0 amide bonds. The van der Waals surface area contributed by atoms with Crippen molar-refractivity contribution in [2.45, 2.75) is 26.3 Å². The van der Waals surface area contributed by atoms with Crippen LogP contribution in [0.1, 0.15) is 18.1 Å². The topological polar surface area (TPSA) is 35.2 Å². The van der Waals surface area contributed by atoms with E-state index >= 15 is 0 Å². The minimum Gasteiger partial charge on any atom is -0.454 e. The Morgan fingerprint density at radius 3 is 2.55 bits per heavy atom. The lowest BCUT2D eigenvalue weighted by Crippen LogP contribution is -2.18. The summed E-state index contributed by atoms with van der Waals surface area (Å²) in [5.74, 6) is -0.778. The Labute approximate surface area is 117 Å². The van der Waals surface area contributed by atoms with Gasteiger partial charge in [0.2, 0.25) is 0 Å². The molecule has 0 saturated carbocycles. The molecule has 0 aliphatic heterocycles. The van der Waals surface area contributed by atoms with E-state index in [9.17, 15) is 8.78 Å². The molecule has 0 spiro atoms. The van der Waals surface area contributed by atoms with Crippen molar-refractivity contribution in [2.24, 2.45) is 5.73 Å². The largest absolute Gasteiger partial charge is 0.454 e. The van der Waals surface area contributed by atoms with E-state index in [1.54, 1.807) is 12.1 Å². The van der Waals surface area contributed by atoms with Gasteiger partial charge in [-0.25, -0.2) is 8.78 Å². The monoisotopic (exact) mass is 277 g/mol. The van der Waals surface area contributed by atoms with E-state index in [4.69, 9.17) is 10.5 Å². The number of benzene rings is 2. The summed E-state index contributed by atoms with van der Waals surface area (Å²) in [5, 5.41) is 0. The highest BCUT2D eigenvalue weighted by Crippen LogP contribution is 2.27. The SMILES string of the molecule is Cc1cc(Oc2cc(F)ccc2F)ccc1CC(C)N. The van der Waals surface area contributed by atoms with Crippen LogP contribution in [0.25, 0.3) is 0 Å². The van der Waals surface area contributed by atoms with E-state index in [1.807, 2.05) is 19.9 Å². The molecule has 2 nitrogen and oxygen atoms in total. The van der Waals surface area contributed by atoms with Gasteiger partial charge >= 0.3 is 0 Å². The van der Waals surface area contributed by atoms with E-state index in [2.05, 4.69) is 0 Å². The van der Waals surface area contributed by atoms with E-state index in [1.165, 1.54) is 0 Å². The van der Waals surface area contributed by atoms with Gasteiger partial charge in [-0.2, -0.15) is 0 Å². The Hall–Kier alpha value is -1.94. The van der Waals surface area contributed by atoms with Gasteiger partial charge in [0.05, 0.1) is 0 Å². The Balaban J connectivity index is 2.22. The van der Waals surface area contributed by atoms with Crippen molar-refractivity contribution < 1.29 is 13.5 Å². The zero-order valence-electron chi connectivity index (χ0n) is 11.5. The van der Waals surface area contributed by atoms with Gasteiger partial charge in [-0.3, -0.25) is 0 Å². The average molecular weight is 277 g/mol. The first kappa shape index (κ1) is 14.5. The summed E-state index contributed by atoms with van der Waals surface area (Å²) in [6, 6.07) is 8.62. The number of halogens is 2. The first-order chi connectivity index (χ1) is 9.45. The maximum absolute atomic E-state index is 13.5. The molecule has 2 N–H and O–H groups in total. The van der Waals surface area contributed by atoms with Crippen LogP contribution in [-0.2, 0) is 6.42 Å². The molecule has 1 unspecified atom stereocenters. The molecule has 4 heteroatoms. The highest BCUT2D eigenvalue weighted by Gasteiger charge is 2.08. The number of hydrogen-bond acceptors (Lipinski definition) is 2. The predicted octanol–water partition coefficient (Wildman–Crippen LogP) is 3.96. The fraction of sp³-hybridized carbons (Fsp3) is 0.250. The lowest BCUT2D eigenvalue weighted by molar-refractivity contribution is 0.436. The molecule has 0 radical (unpaired) electrons. The predicted molar refractivity (Wildman–Crippen MR) is 75.0 cm³/mol. The second kappa shape index (κ2) is 6.01. The van der Waals surface area contributed by atoms with Crippen LogP contribution in [0.2, 0.25) is 0 Å². The summed E-state index contributed by atoms with van der Waals surface area (Å²) in [6.07, 6.45) is 0.764. The molecule has 0 heterocycles. The van der Waals surface area contributed by atoms with Gasteiger partial charge in [0.1, 0.15) is 11.6 Å². The average Bonchev–Trinajstić information content (AvgIpc) is 2.37. The molecule has 1 atom stereocenters. The number of ether oxygens (including phenoxy) is 1. The normalized spacial score (nSPS) is 12.2. The zero-order valence-corrected chi connectivity index (χ0v) is 11.5. The fourth-order valence-corrected chi connectivity index (χ4v) is 1.99. The highest BCUT2D eigenvalue weighted by molar-refractivity contribution is 5.38. The van der Waals surface area contributed by atoms with Crippen molar-refractivity contribution in [2.75, 3.05) is 0 Å². The second-order valence-electron chi connectivity index (χ2n) is 4.95. The minimum absolute atomic E-state index is 0.0705. The van der Waals surface area contributed by atoms with Crippen LogP contribution >= 0.6 is 0 Å². The van der Waals surface area contributed by atoms with Crippen molar-refractivity contribution in [3.05, 3.63) is 59.2 Å². The molecular formula is C16H17F2NO. The van der Waals surface area contributed by atoms with Crippen molar-refractivity contribution in [1.82, 2.24) is 0 Å². The van der Waals surface area contributed by atoms with E-state index in [0.29, 0.717) is 5.75 Å². The molecule has 2 aromatic carbocycles. The van der Waals surface area contributed by atoms with Crippen LogP contribution in [0, 0.1) is 18.6 Å². The van der Waals surface area contributed by atoms with Gasteiger partial charge < -0.3 is 10.5 Å². The molecule has 0 aromatic heterocycles. The van der Waals surface area contributed by atoms with E-state index < -0.39 is 11.6 Å². The van der Waals surface area contributed by atoms with Crippen molar-refractivity contribution in [3.8, 4) is 11.5 Å². The van der Waals surface area contributed by atoms with Crippen LogP contribution in [0.4, 0.5) is 8.78 Å². The van der Waals surface area contributed by atoms with Gasteiger partial charge in [0, 0.05) is 12.1 Å². The molecule has 0 bridgehead atoms. The molecule has 2 rings (SSSR count). The standard InChI is InChI=1S/C16H17F2NO/c1-10-7-14(5-3-12(10)8-11(2)19)20-16-9-13(17)4-6-15(16)18/h3-7,9,11H,8,19H2,1-2H3. The van der Waals surface area contributed by atoms with Gasteiger partial charge in [-0.05, 0) is 55.7 Å². The molecule has 0 saturated heterocycles. The number of hydrogen-bond donors (Lipinski definition) is 1. The first-order valence-electron chi connectivity index (χ1n) is 6.43. The van der Waals surface area contributed by atoms with E-state index in [0.717, 1.165) is 35.7 Å². The van der Waals surface area contributed by atoms with E-state index in [-0.39, 0.29) is 11.8 Å². The summed E-state index contributed by atoms with van der Waals surface area (Å²) in [4.78, 5) is 0. The van der Waals surface area contributed by atoms with Gasteiger partial charge in [-0.1, -0.05) is 6.07 Å². The Morgan fingerprint density at radius 2 is 1.90 bits per heavy atom. The van der Waals surface area contributed by atoms with Crippen LogP contribution in [0.3, 0.4) is 0 Å². The lowest BCUT2D eigenvalue weighted by Gasteiger charge is -2.12. The summed E-state index contributed by atoms with van der Waals surface area (Å²) >= 11 is 0. The number of aryl methyl sites for hydroxylation is 1. The molecule has 2 aromatic rings. The van der Waals surface area contributed by atoms with Crippen molar-refractivity contribution >= 4 is 0 Å². The summed E-state index contributed by atoms with van der Waals surface area (Å²) < 4.78 is 32.0. The molecule has 0 aliphatic rings. The number of nitrogens with two attached hydrogens (primary N) is 1. The fourth-order valence-electron chi connectivity index (χ4n) is 1.99. The minimum atomic E-state index is -0.594. The third-order valence-electron chi connectivity index (χ3n) is 2.98. The van der Waals surface area contributed by atoms with Crippen molar-refractivity contribution in [3.63, 3.8) is 0 Å². The third-order valence-corrected chi connectivity index (χ3v) is 2.98. The second-order valence-corrected chi connectivity index (χ2v) is 4.95. The maximum atomic E-state index is 13.5. The maximum Gasteiger partial charge on any atom is 0.165 e. The molecule has 0 aliphatic carbocycles. The summed E-state index contributed by atoms with van der Waals surface area (Å²) in [5.41, 5.74) is 7.90. The van der Waals surface area contributed by atoms with Gasteiger partial charge in [0.25, 0.3) is 0 Å². The van der Waals surface area contributed by atoms with Crippen molar-refractivity contribution in [1.29, 1.82) is 0 Å². The molecule has 20 heavy (non-hydrogen) atoms. The molecule has 106 valence electrons. The summed E-state index contributed by atoms with van der Waals surface area (Å²) in [6.45, 7) is 3.87. The summed E-state index contributed by atoms with van der Waals surface area (Å²) in [7, 11) is 0. The van der Waals surface area contributed by atoms with Crippen LogP contribution in [0.5, 0.6) is 11.5 Å². The first-order valence-corrected chi connectivity index (χ1v) is 6.43. The van der Waals surface area contributed by atoms with Crippen LogP contribution in [0.15, 0.2) is 36.4 Å². The Bertz CT molecular complexity index is 611. The Morgan fingerprint density at radius 1 is 1.15 bits per heavy atom. The van der Waals surface area contributed by atoms with Crippen LogP contribution in [-0.4, -0.2) is 6.04 Å². The lowest BCUT2D eigenvalue weighted by atomic mass is 10.0. The third kappa shape index (κ3) is 3.54. The van der Waals surface area contributed by atoms with Gasteiger partial charge in [-0.15, -0.1) is 0 Å². The highest BCUT2D eigenvalue weighted by atomic mass is 19.1. The molecule has 0 fully saturated rings. The number of rotatable bonds is 4. The quantitative estimate of drug-likeness (QED) is 0.918. The van der Waals surface area contributed by atoms with Gasteiger partial charge in [0.15, 0.2) is 11.6 Å². The van der Waals surface area contributed by atoms with Crippen LogP contribution < -0.4 is 10.5 Å². The molecular weight excluding hydrogens is 260 g/mol. The zero-order chi connectivity index (χ0) is 14.7. The Kier molecular flexibility index (Phi) is 4.35.